The lowest BCUT2D eigenvalue weighted by Crippen LogP contribution is -2.30. The first-order valence-corrected chi connectivity index (χ1v) is 5.65. The Morgan fingerprint density at radius 1 is 1.25 bits per heavy atom. The molecular weight excluding hydrogens is 268 g/mol. The van der Waals surface area contributed by atoms with Gasteiger partial charge in [0.05, 0.1) is 5.69 Å². The van der Waals surface area contributed by atoms with Crippen molar-refractivity contribution in [3.8, 4) is 5.75 Å². The van der Waals surface area contributed by atoms with Crippen LogP contribution >= 0.6 is 0 Å². The number of ether oxygens (including phenoxy) is 1. The van der Waals surface area contributed by atoms with E-state index in [0.717, 1.165) is 6.07 Å². The minimum absolute atomic E-state index is 0.105. The highest BCUT2D eigenvalue weighted by atomic mass is 19.2. The number of rotatable bonds is 4. The molecule has 0 aliphatic carbocycles. The van der Waals surface area contributed by atoms with Crippen LogP contribution in [0.1, 0.15) is 16.2 Å². The van der Waals surface area contributed by atoms with E-state index < -0.39 is 17.5 Å². The van der Waals surface area contributed by atoms with E-state index in [1.807, 2.05) is 5.43 Å². The number of nitrogens with zero attached hydrogens (tertiary/aromatic N) is 1. The number of nitrogens with two attached hydrogens (primary N) is 1. The van der Waals surface area contributed by atoms with E-state index in [1.165, 1.54) is 18.2 Å². The van der Waals surface area contributed by atoms with Gasteiger partial charge in [-0.1, -0.05) is 12.1 Å². The zero-order valence-corrected chi connectivity index (χ0v) is 10.3. The summed E-state index contributed by atoms with van der Waals surface area (Å²) >= 11 is 0. The zero-order chi connectivity index (χ0) is 14.5. The molecule has 0 atom stereocenters. The largest absolute Gasteiger partial charge is 0.484 e. The summed E-state index contributed by atoms with van der Waals surface area (Å²) in [5, 5.41) is 0. The number of pyridine rings is 1. The number of hydrogen-bond donors (Lipinski definition) is 2. The Balaban J connectivity index is 2.11. The fraction of sp³-hybridized carbons (Fsp3) is 0.0769. The zero-order valence-electron chi connectivity index (χ0n) is 10.3. The predicted octanol–water partition coefficient (Wildman–Crippen LogP) is 1.54. The van der Waals surface area contributed by atoms with Crippen LogP contribution in [0.3, 0.4) is 0 Å². The van der Waals surface area contributed by atoms with Crippen molar-refractivity contribution < 1.29 is 18.3 Å². The summed E-state index contributed by atoms with van der Waals surface area (Å²) < 4.78 is 31.5. The molecule has 2 rings (SSSR count). The molecule has 104 valence electrons. The molecule has 1 amide bonds. The summed E-state index contributed by atoms with van der Waals surface area (Å²) in [6.45, 7) is -0.105. The van der Waals surface area contributed by atoms with Gasteiger partial charge in [-0.25, -0.2) is 15.2 Å². The van der Waals surface area contributed by atoms with E-state index in [0.29, 0.717) is 5.69 Å². The Morgan fingerprint density at radius 3 is 2.75 bits per heavy atom. The average Bonchev–Trinajstić information content (AvgIpc) is 2.48. The first-order chi connectivity index (χ1) is 9.61. The standard InChI is InChI=1S/C13H11F2N3O2/c14-9-4-2-6-11(12(9)15)20-7-8-3-1-5-10(17-8)13(19)18-16/h1-6H,7,16H2,(H,18,19). The summed E-state index contributed by atoms with van der Waals surface area (Å²) in [5.74, 6) is 2.16. The van der Waals surface area contributed by atoms with Crippen LogP contribution in [-0.4, -0.2) is 10.9 Å². The molecule has 3 N–H and O–H groups in total. The minimum atomic E-state index is -1.07. The number of carbonyl (C=O) groups is 1. The molecule has 0 saturated carbocycles. The Kier molecular flexibility index (Phi) is 4.21. The number of aromatic nitrogens is 1. The first kappa shape index (κ1) is 13.9. The van der Waals surface area contributed by atoms with Crippen molar-refractivity contribution >= 4 is 5.91 Å². The summed E-state index contributed by atoms with van der Waals surface area (Å²) in [6.07, 6.45) is 0. The molecule has 1 heterocycles. The Labute approximate surface area is 113 Å². The first-order valence-electron chi connectivity index (χ1n) is 5.65. The lowest BCUT2D eigenvalue weighted by Gasteiger charge is -2.08. The van der Waals surface area contributed by atoms with Crippen molar-refractivity contribution in [3.05, 3.63) is 59.4 Å². The summed E-state index contributed by atoms with van der Waals surface area (Å²) in [5.41, 5.74) is 2.44. The number of hydrogen-bond acceptors (Lipinski definition) is 4. The topological polar surface area (TPSA) is 77.2 Å². The van der Waals surface area contributed by atoms with Gasteiger partial charge in [-0.05, 0) is 24.3 Å². The molecule has 2 aromatic rings. The van der Waals surface area contributed by atoms with Gasteiger partial charge in [0.15, 0.2) is 11.6 Å². The summed E-state index contributed by atoms with van der Waals surface area (Å²) in [6, 6.07) is 8.26. The third-order valence-corrected chi connectivity index (χ3v) is 2.46. The molecule has 1 aromatic carbocycles. The van der Waals surface area contributed by atoms with E-state index >= 15 is 0 Å². The third-order valence-electron chi connectivity index (χ3n) is 2.46. The maximum Gasteiger partial charge on any atom is 0.283 e. The molecule has 0 radical (unpaired) electrons. The van der Waals surface area contributed by atoms with E-state index in [4.69, 9.17) is 10.6 Å². The monoisotopic (exact) mass is 279 g/mol. The number of halogens is 2. The molecule has 0 unspecified atom stereocenters. The van der Waals surface area contributed by atoms with Gasteiger partial charge in [-0.15, -0.1) is 0 Å². The van der Waals surface area contributed by atoms with Gasteiger partial charge >= 0.3 is 0 Å². The molecule has 0 aliphatic heterocycles. The molecule has 0 spiro atoms. The van der Waals surface area contributed by atoms with Gasteiger partial charge < -0.3 is 4.74 Å². The Morgan fingerprint density at radius 2 is 2.00 bits per heavy atom. The number of carbonyl (C=O) groups excluding carboxylic acids is 1. The molecule has 0 bridgehead atoms. The van der Waals surface area contributed by atoms with Crippen LogP contribution in [-0.2, 0) is 6.61 Å². The van der Waals surface area contributed by atoms with Crippen molar-refractivity contribution in [1.82, 2.24) is 10.4 Å². The number of nitrogen functional groups attached to an aromatic ring is 1. The highest BCUT2D eigenvalue weighted by molar-refractivity contribution is 5.91. The minimum Gasteiger partial charge on any atom is -0.484 e. The normalized spacial score (nSPS) is 10.2. The van der Waals surface area contributed by atoms with Crippen LogP contribution in [0, 0.1) is 11.6 Å². The van der Waals surface area contributed by atoms with Gasteiger partial charge in [0.1, 0.15) is 12.3 Å². The van der Waals surface area contributed by atoms with E-state index in [1.54, 1.807) is 12.1 Å². The average molecular weight is 279 g/mol. The maximum absolute atomic E-state index is 13.4. The molecule has 0 fully saturated rings. The Hall–Kier alpha value is -2.54. The highest BCUT2D eigenvalue weighted by Crippen LogP contribution is 2.20. The number of amides is 1. The van der Waals surface area contributed by atoms with Gasteiger partial charge in [0.25, 0.3) is 5.91 Å². The van der Waals surface area contributed by atoms with Crippen molar-refractivity contribution in [2.45, 2.75) is 6.61 Å². The SMILES string of the molecule is NNC(=O)c1cccc(COc2cccc(F)c2F)n1. The molecule has 1 aromatic heterocycles. The second-order valence-electron chi connectivity index (χ2n) is 3.83. The third kappa shape index (κ3) is 3.07. The maximum atomic E-state index is 13.4. The van der Waals surface area contributed by atoms with Crippen LogP contribution in [0.15, 0.2) is 36.4 Å². The van der Waals surface area contributed by atoms with Gasteiger partial charge in [-0.2, -0.15) is 4.39 Å². The van der Waals surface area contributed by atoms with Gasteiger partial charge in [0, 0.05) is 0 Å². The number of nitrogens with one attached hydrogen (secondary N) is 1. The molecular formula is C13H11F2N3O2. The quantitative estimate of drug-likeness (QED) is 0.505. The molecule has 5 nitrogen and oxygen atoms in total. The molecule has 0 saturated heterocycles. The summed E-state index contributed by atoms with van der Waals surface area (Å²) in [4.78, 5) is 15.3. The van der Waals surface area contributed by atoms with Gasteiger partial charge in [0.2, 0.25) is 5.82 Å². The smallest absolute Gasteiger partial charge is 0.283 e. The van der Waals surface area contributed by atoms with Crippen molar-refractivity contribution in [1.29, 1.82) is 0 Å². The van der Waals surface area contributed by atoms with Crippen molar-refractivity contribution in [2.75, 3.05) is 0 Å². The second kappa shape index (κ2) is 6.07. The van der Waals surface area contributed by atoms with E-state index in [-0.39, 0.29) is 18.1 Å². The van der Waals surface area contributed by atoms with Crippen molar-refractivity contribution in [3.63, 3.8) is 0 Å². The summed E-state index contributed by atoms with van der Waals surface area (Å²) in [7, 11) is 0. The lowest BCUT2D eigenvalue weighted by atomic mass is 10.3. The van der Waals surface area contributed by atoms with Gasteiger partial charge in [-0.3, -0.25) is 10.2 Å². The van der Waals surface area contributed by atoms with Crippen LogP contribution in [0.5, 0.6) is 5.75 Å². The van der Waals surface area contributed by atoms with Crippen LogP contribution < -0.4 is 16.0 Å². The molecule has 7 heteroatoms. The molecule has 0 aliphatic rings. The number of hydrazine groups is 1. The second-order valence-corrected chi connectivity index (χ2v) is 3.83. The fourth-order valence-electron chi connectivity index (χ4n) is 1.51. The van der Waals surface area contributed by atoms with Crippen LogP contribution in [0.25, 0.3) is 0 Å². The lowest BCUT2D eigenvalue weighted by molar-refractivity contribution is 0.0948. The highest BCUT2D eigenvalue weighted by Gasteiger charge is 2.10. The van der Waals surface area contributed by atoms with Crippen LogP contribution in [0.4, 0.5) is 8.78 Å². The molecule has 20 heavy (non-hydrogen) atoms. The Bertz CT molecular complexity index is 635. The fourth-order valence-corrected chi connectivity index (χ4v) is 1.51. The van der Waals surface area contributed by atoms with E-state index in [9.17, 15) is 13.6 Å². The number of benzene rings is 1. The van der Waals surface area contributed by atoms with E-state index in [2.05, 4.69) is 4.98 Å². The van der Waals surface area contributed by atoms with Crippen molar-refractivity contribution in [2.24, 2.45) is 5.84 Å². The predicted molar refractivity (Wildman–Crippen MR) is 66.6 cm³/mol. The van der Waals surface area contributed by atoms with Crippen LogP contribution in [0.2, 0.25) is 0 Å².